The number of Topliss-reactive ketones (excluding diaryl/α,β-unsaturated/α-hetero) is 1. The topological polar surface area (TPSA) is 62.0 Å². The first-order valence-corrected chi connectivity index (χ1v) is 5.76. The summed E-state index contributed by atoms with van der Waals surface area (Å²) in [7, 11) is 0. The van der Waals surface area contributed by atoms with Crippen LogP contribution in [0.2, 0.25) is 0 Å². The maximum atomic E-state index is 11.6. The maximum absolute atomic E-state index is 11.6. The van der Waals surface area contributed by atoms with E-state index in [1.807, 2.05) is 0 Å². The zero-order chi connectivity index (χ0) is 11.4. The average Bonchev–Trinajstić information content (AvgIpc) is 2.83. The molecule has 1 saturated carbocycles. The van der Waals surface area contributed by atoms with Crippen molar-refractivity contribution in [1.82, 2.24) is 10.3 Å². The Kier molecular flexibility index (Phi) is 3.39. The molecule has 0 saturated heterocycles. The number of rotatable bonds is 3. The van der Waals surface area contributed by atoms with Crippen LogP contribution in [0.1, 0.15) is 42.6 Å². The Morgan fingerprint density at radius 1 is 1.25 bits per heavy atom. The Bertz CT molecular complexity index is 364. The summed E-state index contributed by atoms with van der Waals surface area (Å²) >= 11 is 0. The Morgan fingerprint density at radius 2 is 2.00 bits per heavy atom. The molecule has 0 atom stereocenters. The molecule has 0 unspecified atom stereocenters. The predicted molar refractivity (Wildman–Crippen MR) is 60.1 cm³/mol. The minimum atomic E-state index is -0.491. The van der Waals surface area contributed by atoms with Crippen molar-refractivity contribution in [2.24, 2.45) is 0 Å². The molecular weight excluding hydrogens is 204 g/mol. The summed E-state index contributed by atoms with van der Waals surface area (Å²) in [4.78, 5) is 26.0. The lowest BCUT2D eigenvalue weighted by atomic mass is 9.95. The van der Waals surface area contributed by atoms with Crippen LogP contribution in [-0.4, -0.2) is 22.7 Å². The van der Waals surface area contributed by atoms with Crippen LogP contribution >= 0.6 is 0 Å². The number of aromatic nitrogens is 1. The lowest BCUT2D eigenvalue weighted by Crippen LogP contribution is -2.40. The second-order valence-corrected chi connectivity index (χ2v) is 4.22. The highest BCUT2D eigenvalue weighted by Crippen LogP contribution is 2.17. The van der Waals surface area contributed by atoms with Gasteiger partial charge in [0.1, 0.15) is 0 Å². The molecule has 1 aliphatic carbocycles. The van der Waals surface area contributed by atoms with E-state index < -0.39 is 11.7 Å². The zero-order valence-corrected chi connectivity index (χ0v) is 9.16. The van der Waals surface area contributed by atoms with E-state index in [2.05, 4.69) is 10.3 Å². The zero-order valence-electron chi connectivity index (χ0n) is 9.16. The molecule has 0 spiro atoms. The highest BCUT2D eigenvalue weighted by molar-refractivity contribution is 6.42. The molecule has 4 heteroatoms. The molecule has 16 heavy (non-hydrogen) atoms. The number of aromatic amines is 1. The SMILES string of the molecule is O=C(NC1CCCCC1)C(=O)c1ccc[nH]1. The molecule has 2 rings (SSSR count). The van der Waals surface area contributed by atoms with E-state index in [0.717, 1.165) is 25.7 Å². The first-order valence-electron chi connectivity index (χ1n) is 5.76. The van der Waals surface area contributed by atoms with Crippen molar-refractivity contribution in [2.75, 3.05) is 0 Å². The van der Waals surface area contributed by atoms with Crippen molar-refractivity contribution in [3.05, 3.63) is 24.0 Å². The van der Waals surface area contributed by atoms with Gasteiger partial charge in [-0.05, 0) is 25.0 Å². The number of hydrogen-bond acceptors (Lipinski definition) is 2. The van der Waals surface area contributed by atoms with Crippen LogP contribution < -0.4 is 5.32 Å². The molecule has 0 radical (unpaired) electrons. The Labute approximate surface area is 94.4 Å². The lowest BCUT2D eigenvalue weighted by Gasteiger charge is -2.22. The van der Waals surface area contributed by atoms with Crippen molar-refractivity contribution >= 4 is 11.7 Å². The quantitative estimate of drug-likeness (QED) is 0.601. The second kappa shape index (κ2) is 4.96. The summed E-state index contributed by atoms with van der Waals surface area (Å²) in [6, 6.07) is 3.50. The molecule has 0 aliphatic heterocycles. The van der Waals surface area contributed by atoms with Crippen LogP contribution in [0.5, 0.6) is 0 Å². The standard InChI is InChI=1S/C12H16N2O2/c15-11(10-7-4-8-13-10)12(16)14-9-5-2-1-3-6-9/h4,7-9,13H,1-3,5-6H2,(H,14,16). The molecule has 1 fully saturated rings. The van der Waals surface area contributed by atoms with Gasteiger partial charge in [-0.2, -0.15) is 0 Å². The van der Waals surface area contributed by atoms with E-state index in [4.69, 9.17) is 0 Å². The van der Waals surface area contributed by atoms with E-state index in [1.165, 1.54) is 6.42 Å². The Balaban J connectivity index is 1.90. The third-order valence-electron chi connectivity index (χ3n) is 2.99. The number of ketones is 1. The molecule has 2 N–H and O–H groups in total. The summed E-state index contributed by atoms with van der Waals surface area (Å²) in [5.74, 6) is -0.968. The highest BCUT2D eigenvalue weighted by Gasteiger charge is 2.21. The van der Waals surface area contributed by atoms with Crippen molar-refractivity contribution in [2.45, 2.75) is 38.1 Å². The van der Waals surface area contributed by atoms with E-state index in [0.29, 0.717) is 5.69 Å². The van der Waals surface area contributed by atoms with Crippen molar-refractivity contribution in [3.8, 4) is 0 Å². The number of hydrogen-bond donors (Lipinski definition) is 2. The Morgan fingerprint density at radius 3 is 2.62 bits per heavy atom. The molecular formula is C12H16N2O2. The molecule has 86 valence electrons. The van der Waals surface area contributed by atoms with Gasteiger partial charge in [0.2, 0.25) is 0 Å². The fourth-order valence-corrected chi connectivity index (χ4v) is 2.09. The third-order valence-corrected chi connectivity index (χ3v) is 2.99. The third kappa shape index (κ3) is 2.51. The monoisotopic (exact) mass is 220 g/mol. The van der Waals surface area contributed by atoms with Gasteiger partial charge in [0.15, 0.2) is 0 Å². The second-order valence-electron chi connectivity index (χ2n) is 4.22. The number of H-pyrrole nitrogens is 1. The van der Waals surface area contributed by atoms with Crippen LogP contribution in [0.15, 0.2) is 18.3 Å². The number of carbonyl (C=O) groups is 2. The van der Waals surface area contributed by atoms with Crippen molar-refractivity contribution in [3.63, 3.8) is 0 Å². The van der Waals surface area contributed by atoms with Gasteiger partial charge in [-0.15, -0.1) is 0 Å². The van der Waals surface area contributed by atoms with E-state index in [-0.39, 0.29) is 6.04 Å². The minimum Gasteiger partial charge on any atom is -0.358 e. The van der Waals surface area contributed by atoms with E-state index in [9.17, 15) is 9.59 Å². The van der Waals surface area contributed by atoms with Crippen LogP contribution in [0.25, 0.3) is 0 Å². The molecule has 1 heterocycles. The van der Waals surface area contributed by atoms with Crippen LogP contribution in [0.3, 0.4) is 0 Å². The summed E-state index contributed by atoms with van der Waals surface area (Å²) in [5, 5.41) is 2.80. The summed E-state index contributed by atoms with van der Waals surface area (Å²) in [6.45, 7) is 0. The molecule has 1 aromatic heterocycles. The number of carbonyl (C=O) groups excluding carboxylic acids is 2. The summed E-state index contributed by atoms with van der Waals surface area (Å²) in [6.07, 6.45) is 7.13. The maximum Gasteiger partial charge on any atom is 0.294 e. The Hall–Kier alpha value is -1.58. The molecule has 0 aromatic carbocycles. The van der Waals surface area contributed by atoms with Gasteiger partial charge in [-0.1, -0.05) is 19.3 Å². The van der Waals surface area contributed by atoms with Crippen LogP contribution in [0, 0.1) is 0 Å². The first-order chi connectivity index (χ1) is 7.77. The summed E-state index contributed by atoms with van der Waals surface area (Å²) in [5.41, 5.74) is 0.355. The normalized spacial score (nSPS) is 17.0. The van der Waals surface area contributed by atoms with Gasteiger partial charge >= 0.3 is 0 Å². The number of nitrogens with one attached hydrogen (secondary N) is 2. The van der Waals surface area contributed by atoms with Gasteiger partial charge < -0.3 is 10.3 Å². The van der Waals surface area contributed by atoms with Gasteiger partial charge in [0, 0.05) is 12.2 Å². The van der Waals surface area contributed by atoms with Gasteiger partial charge in [0.25, 0.3) is 11.7 Å². The lowest BCUT2D eigenvalue weighted by molar-refractivity contribution is -0.117. The van der Waals surface area contributed by atoms with Crippen molar-refractivity contribution < 1.29 is 9.59 Å². The molecule has 4 nitrogen and oxygen atoms in total. The smallest absolute Gasteiger partial charge is 0.294 e. The molecule has 1 aliphatic rings. The van der Waals surface area contributed by atoms with Crippen LogP contribution in [0.4, 0.5) is 0 Å². The molecule has 1 amide bonds. The molecule has 0 bridgehead atoms. The van der Waals surface area contributed by atoms with E-state index >= 15 is 0 Å². The van der Waals surface area contributed by atoms with E-state index in [1.54, 1.807) is 18.3 Å². The minimum absolute atomic E-state index is 0.181. The van der Waals surface area contributed by atoms with Gasteiger partial charge in [-0.3, -0.25) is 9.59 Å². The predicted octanol–water partition coefficient (Wildman–Crippen LogP) is 1.65. The highest BCUT2D eigenvalue weighted by atomic mass is 16.2. The van der Waals surface area contributed by atoms with Gasteiger partial charge in [-0.25, -0.2) is 0 Å². The van der Waals surface area contributed by atoms with Gasteiger partial charge in [0.05, 0.1) is 5.69 Å². The number of amides is 1. The largest absolute Gasteiger partial charge is 0.358 e. The van der Waals surface area contributed by atoms with Crippen LogP contribution in [-0.2, 0) is 4.79 Å². The van der Waals surface area contributed by atoms with Crippen molar-refractivity contribution in [1.29, 1.82) is 0 Å². The average molecular weight is 220 g/mol. The summed E-state index contributed by atoms with van der Waals surface area (Å²) < 4.78 is 0. The molecule has 1 aromatic rings. The fraction of sp³-hybridized carbons (Fsp3) is 0.500. The fourth-order valence-electron chi connectivity index (χ4n) is 2.09. The first kappa shape index (κ1) is 10.9.